The van der Waals surface area contributed by atoms with Crippen LogP contribution in [0, 0.1) is 5.21 Å². The second-order valence-corrected chi connectivity index (χ2v) is 5.37. The van der Waals surface area contributed by atoms with Crippen molar-refractivity contribution >= 4 is 11.4 Å². The SMILES string of the molecule is COc1ccc(-c2ccc([NH+]([O-])c3cccc(OC)c3)cc2)cc1. The minimum Gasteiger partial charge on any atom is -0.623 e. The minimum atomic E-state index is -0.0184. The highest BCUT2D eigenvalue weighted by Crippen LogP contribution is 2.23. The van der Waals surface area contributed by atoms with Crippen LogP contribution in [-0.4, -0.2) is 14.2 Å². The summed E-state index contributed by atoms with van der Waals surface area (Å²) in [4.78, 5) is 0. The van der Waals surface area contributed by atoms with Gasteiger partial charge < -0.3 is 19.7 Å². The average Bonchev–Trinajstić information content (AvgIpc) is 2.67. The van der Waals surface area contributed by atoms with E-state index in [4.69, 9.17) is 9.47 Å². The summed E-state index contributed by atoms with van der Waals surface area (Å²) in [7, 11) is 3.24. The van der Waals surface area contributed by atoms with Gasteiger partial charge >= 0.3 is 0 Å². The number of methoxy groups -OCH3 is 2. The summed E-state index contributed by atoms with van der Waals surface area (Å²) in [5.74, 6) is 1.50. The molecule has 0 amide bonds. The molecule has 4 nitrogen and oxygen atoms in total. The van der Waals surface area contributed by atoms with Crippen LogP contribution < -0.4 is 14.5 Å². The van der Waals surface area contributed by atoms with Gasteiger partial charge in [0.25, 0.3) is 0 Å². The Bertz CT molecular complexity index is 798. The number of ether oxygens (including phenoxy) is 2. The largest absolute Gasteiger partial charge is 0.623 e. The molecule has 0 aliphatic heterocycles. The zero-order chi connectivity index (χ0) is 16.9. The fourth-order valence-electron chi connectivity index (χ4n) is 2.53. The highest BCUT2D eigenvalue weighted by molar-refractivity contribution is 5.65. The Balaban J connectivity index is 1.82. The molecular formula is C20H19NO3. The van der Waals surface area contributed by atoms with E-state index < -0.39 is 0 Å². The molecule has 0 fully saturated rings. The maximum Gasteiger partial charge on any atom is 0.139 e. The fourth-order valence-corrected chi connectivity index (χ4v) is 2.53. The molecule has 0 bridgehead atoms. The van der Waals surface area contributed by atoms with E-state index in [0.717, 1.165) is 16.9 Å². The highest BCUT2D eigenvalue weighted by Gasteiger charge is 2.08. The number of nitrogens with one attached hydrogen (secondary N) is 1. The molecule has 0 heterocycles. The van der Waals surface area contributed by atoms with Crippen molar-refractivity contribution in [3.05, 3.63) is 78.0 Å². The first kappa shape index (κ1) is 16.1. The number of quaternary nitrogens is 1. The Labute approximate surface area is 141 Å². The molecule has 122 valence electrons. The molecule has 0 saturated heterocycles. The fraction of sp³-hybridized carbons (Fsp3) is 0.100. The number of hydrogen-bond acceptors (Lipinski definition) is 3. The molecule has 3 rings (SSSR count). The Morgan fingerprint density at radius 2 is 1.25 bits per heavy atom. The summed E-state index contributed by atoms with van der Waals surface area (Å²) in [5, 5.41) is 12.6. The standard InChI is InChI=1S/C20H19NO3/c1-23-19-12-8-16(9-13-19)15-6-10-17(11-7-15)21(22)18-4-3-5-20(14-18)24-2/h3-14,21H,1-2H3. The van der Waals surface area contributed by atoms with Gasteiger partial charge in [0.05, 0.1) is 14.2 Å². The second-order valence-electron chi connectivity index (χ2n) is 5.37. The molecule has 24 heavy (non-hydrogen) atoms. The predicted octanol–water partition coefficient (Wildman–Crippen LogP) is 3.72. The molecule has 1 atom stereocenters. The molecule has 4 heteroatoms. The van der Waals surface area contributed by atoms with Gasteiger partial charge in [-0.05, 0) is 41.5 Å². The molecule has 1 N–H and O–H groups in total. The monoisotopic (exact) mass is 321 g/mol. The van der Waals surface area contributed by atoms with E-state index in [-0.39, 0.29) is 5.06 Å². The van der Waals surface area contributed by atoms with Gasteiger partial charge in [0.15, 0.2) is 0 Å². The zero-order valence-electron chi connectivity index (χ0n) is 13.7. The van der Waals surface area contributed by atoms with Crippen molar-refractivity contribution in [1.82, 2.24) is 0 Å². The molecule has 0 saturated carbocycles. The lowest BCUT2D eigenvalue weighted by Crippen LogP contribution is -2.96. The summed E-state index contributed by atoms with van der Waals surface area (Å²) < 4.78 is 10.3. The Morgan fingerprint density at radius 3 is 1.83 bits per heavy atom. The van der Waals surface area contributed by atoms with Crippen molar-refractivity contribution < 1.29 is 14.5 Å². The molecule has 0 aromatic heterocycles. The van der Waals surface area contributed by atoms with E-state index >= 15 is 0 Å². The van der Waals surface area contributed by atoms with Crippen LogP contribution in [0.4, 0.5) is 11.4 Å². The van der Waals surface area contributed by atoms with E-state index in [0.29, 0.717) is 17.1 Å². The summed E-state index contributed by atoms with van der Waals surface area (Å²) >= 11 is 0. The van der Waals surface area contributed by atoms with Crippen LogP contribution in [0.25, 0.3) is 11.1 Å². The number of hydrogen-bond donors (Lipinski definition) is 1. The van der Waals surface area contributed by atoms with Crippen LogP contribution in [0.2, 0.25) is 0 Å². The third-order valence-corrected chi connectivity index (χ3v) is 3.90. The lowest BCUT2D eigenvalue weighted by molar-refractivity contribution is -0.698. The quantitative estimate of drug-likeness (QED) is 0.729. The van der Waals surface area contributed by atoms with E-state index in [1.54, 1.807) is 26.4 Å². The smallest absolute Gasteiger partial charge is 0.139 e. The van der Waals surface area contributed by atoms with Gasteiger partial charge in [0.2, 0.25) is 0 Å². The van der Waals surface area contributed by atoms with Crippen LogP contribution in [0.5, 0.6) is 11.5 Å². The van der Waals surface area contributed by atoms with Crippen molar-refractivity contribution in [2.45, 2.75) is 0 Å². The van der Waals surface area contributed by atoms with Crippen LogP contribution in [0.3, 0.4) is 0 Å². The van der Waals surface area contributed by atoms with Crippen molar-refractivity contribution in [3.63, 3.8) is 0 Å². The molecular weight excluding hydrogens is 302 g/mol. The average molecular weight is 321 g/mol. The molecule has 3 aromatic carbocycles. The lowest BCUT2D eigenvalue weighted by Gasteiger charge is -2.21. The molecule has 0 radical (unpaired) electrons. The van der Waals surface area contributed by atoms with Gasteiger partial charge in [-0.1, -0.05) is 18.2 Å². The van der Waals surface area contributed by atoms with E-state index in [9.17, 15) is 5.21 Å². The molecule has 1 unspecified atom stereocenters. The van der Waals surface area contributed by atoms with Crippen LogP contribution in [0.1, 0.15) is 0 Å². The van der Waals surface area contributed by atoms with Gasteiger partial charge in [-0.25, -0.2) is 0 Å². The van der Waals surface area contributed by atoms with Gasteiger partial charge in [-0.2, -0.15) is 0 Å². The normalized spacial score (nSPS) is 11.8. The van der Waals surface area contributed by atoms with Crippen LogP contribution >= 0.6 is 0 Å². The van der Waals surface area contributed by atoms with E-state index in [1.165, 1.54) is 0 Å². The van der Waals surface area contributed by atoms with Gasteiger partial charge in [-0.3, -0.25) is 0 Å². The summed E-state index contributed by atoms with van der Waals surface area (Å²) in [6.07, 6.45) is 0. The Kier molecular flexibility index (Phi) is 4.79. The van der Waals surface area contributed by atoms with Crippen LogP contribution in [0.15, 0.2) is 72.8 Å². The summed E-state index contributed by atoms with van der Waals surface area (Å²) in [5.41, 5.74) is 3.41. The number of rotatable bonds is 5. The van der Waals surface area contributed by atoms with Gasteiger partial charge in [-0.15, -0.1) is 0 Å². The van der Waals surface area contributed by atoms with Crippen molar-refractivity contribution in [2.75, 3.05) is 14.2 Å². The van der Waals surface area contributed by atoms with Gasteiger partial charge in [0, 0.05) is 24.3 Å². The topological polar surface area (TPSA) is 46.0 Å². The third-order valence-electron chi connectivity index (χ3n) is 3.90. The number of benzene rings is 3. The van der Waals surface area contributed by atoms with E-state index in [2.05, 4.69) is 0 Å². The van der Waals surface area contributed by atoms with Crippen molar-refractivity contribution in [1.29, 1.82) is 0 Å². The summed E-state index contributed by atoms with van der Waals surface area (Å²) in [6, 6.07) is 22.6. The first-order valence-electron chi connectivity index (χ1n) is 7.64. The van der Waals surface area contributed by atoms with E-state index in [1.807, 2.05) is 60.7 Å². The Hall–Kier alpha value is -2.82. The van der Waals surface area contributed by atoms with Gasteiger partial charge in [0.1, 0.15) is 22.9 Å². The zero-order valence-corrected chi connectivity index (χ0v) is 13.7. The first-order chi connectivity index (χ1) is 11.7. The maximum atomic E-state index is 12.6. The predicted molar refractivity (Wildman–Crippen MR) is 95.1 cm³/mol. The lowest BCUT2D eigenvalue weighted by atomic mass is 10.1. The third kappa shape index (κ3) is 3.40. The minimum absolute atomic E-state index is 0.0184. The highest BCUT2D eigenvalue weighted by atomic mass is 16.5. The second kappa shape index (κ2) is 7.17. The summed E-state index contributed by atoms with van der Waals surface area (Å²) in [6.45, 7) is 0. The first-order valence-corrected chi connectivity index (χ1v) is 7.64. The maximum absolute atomic E-state index is 12.6. The molecule has 3 aromatic rings. The molecule has 0 aliphatic rings. The molecule has 0 aliphatic carbocycles. The van der Waals surface area contributed by atoms with Crippen LogP contribution in [-0.2, 0) is 0 Å². The molecule has 0 spiro atoms. The van der Waals surface area contributed by atoms with Crippen molar-refractivity contribution in [3.8, 4) is 22.6 Å². The van der Waals surface area contributed by atoms with Crippen molar-refractivity contribution in [2.24, 2.45) is 0 Å². The Morgan fingerprint density at radius 1 is 0.667 bits per heavy atom.